The van der Waals surface area contributed by atoms with Gasteiger partial charge in [-0.25, -0.2) is 8.78 Å². The average molecular weight is 271 g/mol. The van der Waals surface area contributed by atoms with Crippen LogP contribution in [0.1, 0.15) is 18.1 Å². The lowest BCUT2D eigenvalue weighted by atomic mass is 10.1. The normalized spacial score (nSPS) is 11.2. The minimum absolute atomic E-state index is 0.337. The van der Waals surface area contributed by atoms with E-state index in [-0.39, 0.29) is 5.82 Å². The Morgan fingerprint density at radius 1 is 1.00 bits per heavy atom. The Morgan fingerprint density at radius 2 is 1.85 bits per heavy atom. The second-order valence-electron chi connectivity index (χ2n) is 4.89. The summed E-state index contributed by atoms with van der Waals surface area (Å²) in [7, 11) is 0. The van der Waals surface area contributed by atoms with Gasteiger partial charge in [-0.3, -0.25) is 0 Å². The maximum Gasteiger partial charge on any atom is 0.128 e. The van der Waals surface area contributed by atoms with Gasteiger partial charge in [0.2, 0.25) is 0 Å². The fourth-order valence-electron chi connectivity index (χ4n) is 2.61. The summed E-state index contributed by atoms with van der Waals surface area (Å²) < 4.78 is 29.0. The van der Waals surface area contributed by atoms with Crippen LogP contribution in [0.2, 0.25) is 0 Å². The van der Waals surface area contributed by atoms with Gasteiger partial charge in [-0.15, -0.1) is 0 Å². The van der Waals surface area contributed by atoms with Crippen LogP contribution in [0.5, 0.6) is 0 Å². The van der Waals surface area contributed by atoms with Crippen molar-refractivity contribution < 1.29 is 8.78 Å². The number of rotatable bonds is 3. The number of hydrogen-bond acceptors (Lipinski definition) is 0. The van der Waals surface area contributed by atoms with Gasteiger partial charge in [-0.2, -0.15) is 0 Å². The van der Waals surface area contributed by atoms with Gasteiger partial charge in [0.1, 0.15) is 11.6 Å². The van der Waals surface area contributed by atoms with Crippen molar-refractivity contribution in [2.45, 2.75) is 19.9 Å². The third-order valence-corrected chi connectivity index (χ3v) is 3.60. The molecule has 2 aromatic carbocycles. The Labute approximate surface area is 116 Å². The topological polar surface area (TPSA) is 4.93 Å². The van der Waals surface area contributed by atoms with E-state index < -0.39 is 5.82 Å². The van der Waals surface area contributed by atoms with Crippen LogP contribution in [0.15, 0.2) is 48.7 Å². The second kappa shape index (κ2) is 5.08. The van der Waals surface area contributed by atoms with Crippen molar-refractivity contribution in [1.29, 1.82) is 0 Å². The minimum Gasteiger partial charge on any atom is -0.343 e. The molecule has 3 heteroatoms. The first-order valence-corrected chi connectivity index (χ1v) is 6.69. The highest BCUT2D eigenvalue weighted by Crippen LogP contribution is 2.22. The molecular weight excluding hydrogens is 256 g/mol. The minimum atomic E-state index is -0.409. The second-order valence-corrected chi connectivity index (χ2v) is 4.89. The molecule has 0 fully saturated rings. The third-order valence-electron chi connectivity index (χ3n) is 3.60. The van der Waals surface area contributed by atoms with E-state index in [1.165, 1.54) is 17.7 Å². The first kappa shape index (κ1) is 12.9. The highest BCUT2D eigenvalue weighted by Gasteiger charge is 2.09. The number of fused-ring (bicyclic) bond motifs is 1. The van der Waals surface area contributed by atoms with Crippen molar-refractivity contribution in [3.8, 4) is 0 Å². The zero-order valence-electron chi connectivity index (χ0n) is 11.2. The number of hydrogen-bond donors (Lipinski definition) is 0. The molecule has 0 bridgehead atoms. The molecule has 1 aromatic heterocycles. The molecule has 102 valence electrons. The van der Waals surface area contributed by atoms with Crippen LogP contribution in [-0.4, -0.2) is 4.57 Å². The van der Waals surface area contributed by atoms with E-state index in [1.807, 2.05) is 29.0 Å². The molecule has 20 heavy (non-hydrogen) atoms. The van der Waals surface area contributed by atoms with E-state index in [4.69, 9.17) is 0 Å². The molecule has 0 saturated carbocycles. The molecule has 0 aliphatic heterocycles. The van der Waals surface area contributed by atoms with Crippen molar-refractivity contribution >= 4 is 10.9 Å². The molecule has 3 aromatic rings. The Hall–Kier alpha value is -2.16. The van der Waals surface area contributed by atoms with Gasteiger partial charge in [0.25, 0.3) is 0 Å². The zero-order chi connectivity index (χ0) is 14.1. The Kier molecular flexibility index (Phi) is 3.26. The molecular formula is C17H15F2N. The zero-order valence-corrected chi connectivity index (χ0v) is 11.2. The monoisotopic (exact) mass is 271 g/mol. The van der Waals surface area contributed by atoms with E-state index in [9.17, 15) is 8.78 Å². The lowest BCUT2D eigenvalue weighted by Crippen LogP contribution is -2.02. The lowest BCUT2D eigenvalue weighted by molar-refractivity contribution is 0.579. The molecule has 1 heterocycles. The number of benzene rings is 2. The molecule has 0 saturated heterocycles. The van der Waals surface area contributed by atoms with Crippen LogP contribution in [0, 0.1) is 11.6 Å². The van der Waals surface area contributed by atoms with Crippen LogP contribution < -0.4 is 0 Å². The molecule has 0 spiro atoms. The van der Waals surface area contributed by atoms with Crippen LogP contribution in [-0.2, 0) is 13.0 Å². The van der Waals surface area contributed by atoms with Crippen molar-refractivity contribution in [1.82, 2.24) is 4.57 Å². The molecule has 0 atom stereocenters. The van der Waals surface area contributed by atoms with Gasteiger partial charge < -0.3 is 4.57 Å². The number of aromatic nitrogens is 1. The first-order valence-electron chi connectivity index (χ1n) is 6.69. The van der Waals surface area contributed by atoms with Crippen LogP contribution in [0.3, 0.4) is 0 Å². The molecule has 0 aliphatic carbocycles. The Bertz CT molecular complexity index is 759. The lowest BCUT2D eigenvalue weighted by Gasteiger charge is -2.10. The van der Waals surface area contributed by atoms with Gasteiger partial charge in [0.05, 0.1) is 12.1 Å². The van der Waals surface area contributed by atoms with Crippen molar-refractivity contribution in [3.05, 3.63) is 71.4 Å². The van der Waals surface area contributed by atoms with Crippen LogP contribution in [0.25, 0.3) is 10.9 Å². The van der Waals surface area contributed by atoms with Crippen LogP contribution in [0.4, 0.5) is 8.78 Å². The molecule has 0 aliphatic rings. The predicted octanol–water partition coefficient (Wildman–Crippen LogP) is 4.53. The Balaban J connectivity index is 2.09. The SMILES string of the molecule is CCc1cccc2ccn(Cc3cc(F)ccc3F)c12. The summed E-state index contributed by atoms with van der Waals surface area (Å²) in [6.07, 6.45) is 2.83. The highest BCUT2D eigenvalue weighted by atomic mass is 19.1. The molecule has 1 nitrogen and oxygen atoms in total. The average Bonchev–Trinajstić information content (AvgIpc) is 2.86. The summed E-state index contributed by atoms with van der Waals surface area (Å²) in [4.78, 5) is 0. The summed E-state index contributed by atoms with van der Waals surface area (Å²) in [6, 6.07) is 11.7. The largest absolute Gasteiger partial charge is 0.343 e. The highest BCUT2D eigenvalue weighted by molar-refractivity contribution is 5.83. The Morgan fingerprint density at radius 3 is 2.65 bits per heavy atom. The van der Waals surface area contributed by atoms with E-state index in [1.54, 1.807) is 0 Å². The van der Waals surface area contributed by atoms with Crippen molar-refractivity contribution in [2.75, 3.05) is 0 Å². The fourth-order valence-corrected chi connectivity index (χ4v) is 2.61. The number of nitrogens with zero attached hydrogens (tertiary/aromatic N) is 1. The molecule has 3 rings (SSSR count). The first-order chi connectivity index (χ1) is 9.69. The smallest absolute Gasteiger partial charge is 0.128 e. The maximum absolute atomic E-state index is 13.8. The fraction of sp³-hybridized carbons (Fsp3) is 0.176. The number of halogens is 2. The van der Waals surface area contributed by atoms with Gasteiger partial charge in [0, 0.05) is 11.8 Å². The number of aryl methyl sites for hydroxylation is 1. The molecule has 0 unspecified atom stereocenters. The quantitative estimate of drug-likeness (QED) is 0.659. The summed E-state index contributed by atoms with van der Waals surface area (Å²) >= 11 is 0. The van der Waals surface area contributed by atoms with Crippen molar-refractivity contribution in [3.63, 3.8) is 0 Å². The molecule has 0 amide bonds. The third kappa shape index (κ3) is 2.20. The van der Waals surface area contributed by atoms with Gasteiger partial charge in [0.15, 0.2) is 0 Å². The van der Waals surface area contributed by atoms with E-state index in [0.717, 1.165) is 23.4 Å². The summed E-state index contributed by atoms with van der Waals surface area (Å²) in [5.74, 6) is -0.782. The van der Waals surface area contributed by atoms with E-state index in [0.29, 0.717) is 12.1 Å². The molecule has 0 radical (unpaired) electrons. The summed E-state index contributed by atoms with van der Waals surface area (Å²) in [6.45, 7) is 2.43. The number of para-hydroxylation sites is 1. The predicted molar refractivity (Wildman–Crippen MR) is 76.8 cm³/mol. The summed E-state index contributed by atoms with van der Waals surface area (Å²) in [5.41, 5.74) is 2.68. The van der Waals surface area contributed by atoms with Gasteiger partial charge in [-0.1, -0.05) is 25.1 Å². The van der Waals surface area contributed by atoms with Crippen molar-refractivity contribution in [2.24, 2.45) is 0 Å². The standard InChI is InChI=1S/C17H15F2N/c1-2-12-4-3-5-13-8-9-20(17(12)13)11-14-10-15(18)6-7-16(14)19/h3-10H,2,11H2,1H3. The van der Waals surface area contributed by atoms with Crippen LogP contribution >= 0.6 is 0 Å². The van der Waals surface area contributed by atoms with Gasteiger partial charge in [-0.05, 0) is 41.6 Å². The van der Waals surface area contributed by atoms with Gasteiger partial charge >= 0.3 is 0 Å². The molecule has 0 N–H and O–H groups in total. The van der Waals surface area contributed by atoms with E-state index >= 15 is 0 Å². The van der Waals surface area contributed by atoms with E-state index in [2.05, 4.69) is 13.0 Å². The summed E-state index contributed by atoms with van der Waals surface area (Å²) in [5, 5.41) is 1.13. The maximum atomic E-state index is 13.8.